The fourth-order valence-electron chi connectivity index (χ4n) is 1.15. The van der Waals surface area contributed by atoms with Crippen LogP contribution in [-0.2, 0) is 4.79 Å². The van der Waals surface area contributed by atoms with Crippen LogP contribution >= 0.6 is 0 Å². The smallest absolute Gasteiger partial charge is 0.238 e. The number of rotatable bonds is 1. The van der Waals surface area contributed by atoms with Crippen molar-refractivity contribution in [2.75, 3.05) is 0 Å². The van der Waals surface area contributed by atoms with Gasteiger partial charge in [0.25, 0.3) is 0 Å². The molecule has 1 fully saturated rings. The summed E-state index contributed by atoms with van der Waals surface area (Å²) in [7, 11) is 0. The maximum absolute atomic E-state index is 11.0. The molecule has 0 radical (unpaired) electrons. The summed E-state index contributed by atoms with van der Waals surface area (Å²) in [6, 6.07) is -0.0371. The molecule has 0 aromatic carbocycles. The zero-order valence-electron chi connectivity index (χ0n) is 6.69. The Morgan fingerprint density at radius 3 is 2.50 bits per heavy atom. The number of hydrogen-bond donors (Lipinski definition) is 2. The van der Waals surface area contributed by atoms with Gasteiger partial charge in [-0.25, -0.2) is 0 Å². The van der Waals surface area contributed by atoms with Crippen LogP contribution in [0.25, 0.3) is 0 Å². The topological polar surface area (TPSA) is 41.1 Å². The van der Waals surface area contributed by atoms with Gasteiger partial charge in [-0.15, -0.1) is 0 Å². The minimum Gasteiger partial charge on any atom is -0.337 e. The monoisotopic (exact) mass is 142 g/mol. The molecule has 1 amide bonds. The minimum atomic E-state index is -0.170. The van der Waals surface area contributed by atoms with E-state index in [1.807, 2.05) is 20.8 Å². The maximum Gasteiger partial charge on any atom is 0.238 e. The summed E-state index contributed by atoms with van der Waals surface area (Å²) in [6.07, 6.45) is 0.920. The second-order valence-electron chi connectivity index (χ2n) is 3.04. The number of carbonyl (C=O) groups is 1. The number of hydrogen-bond acceptors (Lipinski definition) is 2. The third-order valence-corrected chi connectivity index (χ3v) is 2.03. The quantitative estimate of drug-likeness (QED) is 0.550. The average Bonchev–Trinajstić information content (AvgIpc) is 2.10. The van der Waals surface area contributed by atoms with E-state index in [1.165, 1.54) is 0 Å². The van der Waals surface area contributed by atoms with Crippen molar-refractivity contribution in [3.63, 3.8) is 0 Å². The first-order valence-electron chi connectivity index (χ1n) is 3.67. The SMILES string of the molecule is CCC1(C)NC(=O)C(C)N1. The maximum atomic E-state index is 11.0. The number of carbonyl (C=O) groups excluding carboxylic acids is 1. The van der Waals surface area contributed by atoms with E-state index in [0.717, 1.165) is 6.42 Å². The summed E-state index contributed by atoms with van der Waals surface area (Å²) in [5, 5.41) is 6.05. The third-order valence-electron chi connectivity index (χ3n) is 2.03. The van der Waals surface area contributed by atoms with E-state index in [0.29, 0.717) is 0 Å². The summed E-state index contributed by atoms with van der Waals surface area (Å²) in [6.45, 7) is 5.91. The molecule has 3 nitrogen and oxygen atoms in total. The van der Waals surface area contributed by atoms with Gasteiger partial charge in [-0.3, -0.25) is 10.1 Å². The molecule has 58 valence electrons. The Hall–Kier alpha value is -0.570. The molecule has 2 unspecified atom stereocenters. The van der Waals surface area contributed by atoms with Crippen LogP contribution in [-0.4, -0.2) is 17.6 Å². The lowest BCUT2D eigenvalue weighted by atomic mass is 10.1. The van der Waals surface area contributed by atoms with Crippen molar-refractivity contribution in [2.45, 2.75) is 38.9 Å². The lowest BCUT2D eigenvalue weighted by molar-refractivity contribution is -0.120. The third kappa shape index (κ3) is 1.14. The second-order valence-corrected chi connectivity index (χ2v) is 3.04. The Bertz CT molecular complexity index is 158. The predicted octanol–water partition coefficient (Wildman–Crippen LogP) is 0.221. The second kappa shape index (κ2) is 2.23. The Morgan fingerprint density at radius 2 is 2.30 bits per heavy atom. The first kappa shape index (κ1) is 7.54. The molecule has 2 atom stereocenters. The van der Waals surface area contributed by atoms with Crippen LogP contribution in [0.1, 0.15) is 27.2 Å². The fraction of sp³-hybridized carbons (Fsp3) is 0.857. The van der Waals surface area contributed by atoms with Crippen LogP contribution in [0.2, 0.25) is 0 Å². The highest BCUT2D eigenvalue weighted by molar-refractivity contribution is 5.84. The van der Waals surface area contributed by atoms with E-state index in [4.69, 9.17) is 0 Å². The molecule has 3 heteroatoms. The van der Waals surface area contributed by atoms with Crippen LogP contribution in [0.15, 0.2) is 0 Å². The zero-order valence-corrected chi connectivity index (χ0v) is 6.69. The number of nitrogens with one attached hydrogen (secondary N) is 2. The van der Waals surface area contributed by atoms with Gasteiger partial charge in [0.05, 0.1) is 11.7 Å². The van der Waals surface area contributed by atoms with Gasteiger partial charge < -0.3 is 5.32 Å². The fourth-order valence-corrected chi connectivity index (χ4v) is 1.15. The zero-order chi connectivity index (χ0) is 7.78. The van der Waals surface area contributed by atoms with Crippen LogP contribution < -0.4 is 10.6 Å². The molecule has 0 spiro atoms. The average molecular weight is 142 g/mol. The van der Waals surface area contributed by atoms with E-state index in [1.54, 1.807) is 0 Å². The molecule has 0 saturated carbocycles. The lowest BCUT2D eigenvalue weighted by Crippen LogP contribution is -2.46. The minimum absolute atomic E-state index is 0.0371. The highest BCUT2D eigenvalue weighted by atomic mass is 16.2. The summed E-state index contributed by atoms with van der Waals surface area (Å²) >= 11 is 0. The molecule has 2 N–H and O–H groups in total. The van der Waals surface area contributed by atoms with Gasteiger partial charge in [-0.2, -0.15) is 0 Å². The van der Waals surface area contributed by atoms with Crippen molar-refractivity contribution < 1.29 is 4.79 Å². The normalized spacial score (nSPS) is 39.9. The van der Waals surface area contributed by atoms with Crippen LogP contribution in [0.5, 0.6) is 0 Å². The Labute approximate surface area is 61.2 Å². The standard InChI is InChI=1S/C7H14N2O/c1-4-7(3)8-5(2)6(10)9-7/h5,8H,4H2,1-3H3,(H,9,10). The van der Waals surface area contributed by atoms with Crippen molar-refractivity contribution in [1.82, 2.24) is 10.6 Å². The van der Waals surface area contributed by atoms with Crippen molar-refractivity contribution >= 4 is 5.91 Å². The van der Waals surface area contributed by atoms with Crippen LogP contribution in [0.4, 0.5) is 0 Å². The molecular formula is C7H14N2O. The van der Waals surface area contributed by atoms with Gasteiger partial charge in [-0.1, -0.05) is 6.92 Å². The lowest BCUT2D eigenvalue weighted by Gasteiger charge is -2.22. The summed E-state index contributed by atoms with van der Waals surface area (Å²) < 4.78 is 0. The molecule has 1 rings (SSSR count). The van der Waals surface area contributed by atoms with Crippen LogP contribution in [0.3, 0.4) is 0 Å². The molecule has 1 aliphatic heterocycles. The largest absolute Gasteiger partial charge is 0.337 e. The van der Waals surface area contributed by atoms with E-state index >= 15 is 0 Å². The van der Waals surface area contributed by atoms with Gasteiger partial charge >= 0.3 is 0 Å². The van der Waals surface area contributed by atoms with Crippen molar-refractivity contribution in [1.29, 1.82) is 0 Å². The first-order chi connectivity index (χ1) is 4.57. The van der Waals surface area contributed by atoms with E-state index in [-0.39, 0.29) is 17.6 Å². The van der Waals surface area contributed by atoms with Gasteiger partial charge in [0.2, 0.25) is 5.91 Å². The Morgan fingerprint density at radius 1 is 1.70 bits per heavy atom. The molecule has 1 heterocycles. The van der Waals surface area contributed by atoms with Crippen molar-refractivity contribution in [3.05, 3.63) is 0 Å². The predicted molar refractivity (Wildman–Crippen MR) is 39.4 cm³/mol. The highest BCUT2D eigenvalue weighted by Gasteiger charge is 2.35. The molecule has 0 bridgehead atoms. The van der Waals surface area contributed by atoms with Gasteiger partial charge in [0.1, 0.15) is 0 Å². The number of amides is 1. The molecule has 0 aromatic rings. The summed E-state index contributed by atoms with van der Waals surface area (Å²) in [5.74, 6) is 0.101. The van der Waals surface area contributed by atoms with Crippen molar-refractivity contribution in [3.8, 4) is 0 Å². The van der Waals surface area contributed by atoms with E-state index < -0.39 is 0 Å². The highest BCUT2D eigenvalue weighted by Crippen LogP contribution is 2.11. The molecular weight excluding hydrogens is 128 g/mol. The van der Waals surface area contributed by atoms with Crippen LogP contribution in [0, 0.1) is 0 Å². The molecule has 0 aromatic heterocycles. The van der Waals surface area contributed by atoms with E-state index in [9.17, 15) is 4.79 Å². The summed E-state index contributed by atoms with van der Waals surface area (Å²) in [5.41, 5.74) is -0.170. The van der Waals surface area contributed by atoms with Crippen molar-refractivity contribution in [2.24, 2.45) is 0 Å². The van der Waals surface area contributed by atoms with E-state index in [2.05, 4.69) is 10.6 Å². The Balaban J connectivity index is 2.64. The Kier molecular flexibility index (Phi) is 1.68. The summed E-state index contributed by atoms with van der Waals surface area (Å²) in [4.78, 5) is 11.0. The van der Waals surface area contributed by atoms with Gasteiger partial charge in [-0.05, 0) is 20.3 Å². The molecule has 1 aliphatic rings. The van der Waals surface area contributed by atoms with Gasteiger partial charge in [0, 0.05) is 0 Å². The van der Waals surface area contributed by atoms with Gasteiger partial charge in [0.15, 0.2) is 0 Å². The first-order valence-corrected chi connectivity index (χ1v) is 3.67. The molecule has 0 aliphatic carbocycles. The molecule has 10 heavy (non-hydrogen) atoms. The molecule has 1 saturated heterocycles.